The highest BCUT2D eigenvalue weighted by Gasteiger charge is 2.13. The number of carbonyl (C=O) groups is 2. The van der Waals surface area contributed by atoms with Crippen molar-refractivity contribution in [1.29, 1.82) is 0 Å². The number of carboxylic acid groups (broad SMARTS) is 1. The summed E-state index contributed by atoms with van der Waals surface area (Å²) < 4.78 is 0. The number of nitrogens with one attached hydrogen (secondary N) is 1. The number of hydrogen-bond donors (Lipinski definition) is 2. The first kappa shape index (κ1) is 14.2. The molecule has 1 rings (SSSR count). The summed E-state index contributed by atoms with van der Waals surface area (Å²) in [4.78, 5) is 22.0. The molecule has 0 fully saturated rings. The Labute approximate surface area is 107 Å². The molecule has 98 valence electrons. The molecule has 0 aliphatic carbocycles. The maximum absolute atomic E-state index is 11.4. The quantitative estimate of drug-likeness (QED) is 0.776. The van der Waals surface area contributed by atoms with Crippen molar-refractivity contribution in [3.05, 3.63) is 35.9 Å². The van der Waals surface area contributed by atoms with E-state index < -0.39 is 5.97 Å². The Bertz CT molecular complexity index is 389. The molecule has 0 saturated heterocycles. The molecule has 4 nitrogen and oxygen atoms in total. The summed E-state index contributed by atoms with van der Waals surface area (Å²) in [6.07, 6.45) is 1.61. The van der Waals surface area contributed by atoms with Crippen LogP contribution in [0.3, 0.4) is 0 Å². The fourth-order valence-electron chi connectivity index (χ4n) is 1.75. The van der Waals surface area contributed by atoms with Crippen LogP contribution in [0.2, 0.25) is 0 Å². The molecule has 0 heterocycles. The van der Waals surface area contributed by atoms with Crippen LogP contribution in [-0.4, -0.2) is 23.0 Å². The van der Waals surface area contributed by atoms with Crippen molar-refractivity contribution in [2.24, 2.45) is 0 Å². The Morgan fingerprint density at radius 2 is 1.94 bits per heavy atom. The van der Waals surface area contributed by atoms with Crippen LogP contribution >= 0.6 is 0 Å². The molecule has 4 heteroatoms. The first-order valence-electron chi connectivity index (χ1n) is 6.17. The smallest absolute Gasteiger partial charge is 0.303 e. The monoisotopic (exact) mass is 249 g/mol. The van der Waals surface area contributed by atoms with Crippen LogP contribution in [-0.2, 0) is 16.0 Å². The lowest BCUT2D eigenvalue weighted by atomic mass is 10.0. The van der Waals surface area contributed by atoms with Gasteiger partial charge in [0, 0.05) is 18.9 Å². The van der Waals surface area contributed by atoms with Crippen LogP contribution in [0.4, 0.5) is 0 Å². The third-order valence-corrected chi connectivity index (χ3v) is 2.72. The minimum absolute atomic E-state index is 0.0404. The topological polar surface area (TPSA) is 66.4 Å². The van der Waals surface area contributed by atoms with Gasteiger partial charge in [-0.15, -0.1) is 0 Å². The third kappa shape index (κ3) is 5.48. The average Bonchev–Trinajstić information content (AvgIpc) is 2.37. The van der Waals surface area contributed by atoms with E-state index in [-0.39, 0.29) is 18.4 Å². The van der Waals surface area contributed by atoms with Gasteiger partial charge in [0.2, 0.25) is 5.91 Å². The Morgan fingerprint density at radius 3 is 2.50 bits per heavy atom. The lowest BCUT2D eigenvalue weighted by molar-refractivity contribution is -0.137. The molecule has 0 spiro atoms. The molecular weight excluding hydrogens is 230 g/mol. The first-order valence-corrected chi connectivity index (χ1v) is 6.17. The number of amides is 1. The summed E-state index contributed by atoms with van der Waals surface area (Å²) in [7, 11) is 0. The standard InChI is InChI=1S/C14H19NO3/c1-2-13(16)15-12(8-9-14(17)18)10-11-6-4-3-5-7-11/h3-7,12H,2,8-10H2,1H3,(H,15,16)(H,17,18). The number of benzene rings is 1. The first-order chi connectivity index (χ1) is 8.61. The number of rotatable bonds is 7. The second-order valence-electron chi connectivity index (χ2n) is 4.24. The Hall–Kier alpha value is -1.84. The van der Waals surface area contributed by atoms with Crippen molar-refractivity contribution in [3.8, 4) is 0 Å². The zero-order valence-electron chi connectivity index (χ0n) is 10.6. The van der Waals surface area contributed by atoms with Gasteiger partial charge in [0.05, 0.1) is 0 Å². The van der Waals surface area contributed by atoms with Crippen molar-refractivity contribution in [2.75, 3.05) is 0 Å². The van der Waals surface area contributed by atoms with Crippen LogP contribution in [0.5, 0.6) is 0 Å². The van der Waals surface area contributed by atoms with E-state index in [9.17, 15) is 9.59 Å². The fourth-order valence-corrected chi connectivity index (χ4v) is 1.75. The zero-order chi connectivity index (χ0) is 13.4. The van der Waals surface area contributed by atoms with E-state index in [1.54, 1.807) is 6.92 Å². The van der Waals surface area contributed by atoms with Gasteiger partial charge in [-0.2, -0.15) is 0 Å². The van der Waals surface area contributed by atoms with Crippen LogP contribution in [0.15, 0.2) is 30.3 Å². The van der Waals surface area contributed by atoms with Gasteiger partial charge in [-0.25, -0.2) is 0 Å². The third-order valence-electron chi connectivity index (χ3n) is 2.72. The van der Waals surface area contributed by atoms with E-state index in [2.05, 4.69) is 5.32 Å². The Balaban J connectivity index is 2.58. The van der Waals surface area contributed by atoms with Crippen molar-refractivity contribution in [1.82, 2.24) is 5.32 Å². The molecule has 0 aromatic heterocycles. The van der Waals surface area contributed by atoms with Crippen molar-refractivity contribution in [3.63, 3.8) is 0 Å². The van der Waals surface area contributed by atoms with E-state index in [1.165, 1.54) is 0 Å². The maximum Gasteiger partial charge on any atom is 0.303 e. The molecule has 0 aliphatic rings. The number of hydrogen-bond acceptors (Lipinski definition) is 2. The zero-order valence-corrected chi connectivity index (χ0v) is 10.6. The molecule has 1 unspecified atom stereocenters. The summed E-state index contributed by atoms with van der Waals surface area (Å²) in [6, 6.07) is 9.64. The van der Waals surface area contributed by atoms with Gasteiger partial charge in [0.25, 0.3) is 0 Å². The highest BCUT2D eigenvalue weighted by molar-refractivity contribution is 5.76. The maximum atomic E-state index is 11.4. The molecule has 1 atom stereocenters. The molecule has 1 aromatic rings. The van der Waals surface area contributed by atoms with Crippen molar-refractivity contribution < 1.29 is 14.7 Å². The highest BCUT2D eigenvalue weighted by Crippen LogP contribution is 2.08. The number of aliphatic carboxylic acids is 1. The molecule has 1 aromatic carbocycles. The van der Waals surface area contributed by atoms with E-state index in [0.717, 1.165) is 5.56 Å². The minimum atomic E-state index is -0.834. The molecule has 0 radical (unpaired) electrons. The summed E-state index contributed by atoms with van der Waals surface area (Å²) >= 11 is 0. The summed E-state index contributed by atoms with van der Waals surface area (Å²) in [5, 5.41) is 11.6. The molecule has 2 N–H and O–H groups in total. The minimum Gasteiger partial charge on any atom is -0.481 e. The van der Waals surface area contributed by atoms with Crippen LogP contribution in [0.25, 0.3) is 0 Å². The normalized spacial score (nSPS) is 11.8. The summed E-state index contributed by atoms with van der Waals surface area (Å²) in [6.45, 7) is 1.78. The average molecular weight is 249 g/mol. The van der Waals surface area contributed by atoms with Gasteiger partial charge >= 0.3 is 5.97 Å². The van der Waals surface area contributed by atoms with Gasteiger partial charge in [-0.1, -0.05) is 37.3 Å². The van der Waals surface area contributed by atoms with Crippen molar-refractivity contribution in [2.45, 2.75) is 38.6 Å². The highest BCUT2D eigenvalue weighted by atomic mass is 16.4. The van der Waals surface area contributed by atoms with Crippen LogP contribution in [0.1, 0.15) is 31.7 Å². The van der Waals surface area contributed by atoms with E-state index in [0.29, 0.717) is 19.3 Å². The summed E-state index contributed by atoms with van der Waals surface area (Å²) in [5.74, 6) is -0.875. The SMILES string of the molecule is CCC(=O)NC(CCC(=O)O)Cc1ccccc1. The van der Waals surface area contributed by atoms with Crippen LogP contribution < -0.4 is 5.32 Å². The predicted molar refractivity (Wildman–Crippen MR) is 69.2 cm³/mol. The van der Waals surface area contributed by atoms with E-state index >= 15 is 0 Å². The molecule has 0 aliphatic heterocycles. The molecule has 0 bridgehead atoms. The second kappa shape index (κ2) is 7.48. The Morgan fingerprint density at radius 1 is 1.28 bits per heavy atom. The fraction of sp³-hybridized carbons (Fsp3) is 0.429. The predicted octanol–water partition coefficient (Wildman–Crippen LogP) is 1.99. The van der Waals surface area contributed by atoms with Crippen molar-refractivity contribution >= 4 is 11.9 Å². The number of carboxylic acids is 1. The van der Waals surface area contributed by atoms with Crippen LogP contribution in [0, 0.1) is 0 Å². The lowest BCUT2D eigenvalue weighted by Crippen LogP contribution is -2.36. The van der Waals surface area contributed by atoms with Gasteiger partial charge < -0.3 is 10.4 Å². The largest absolute Gasteiger partial charge is 0.481 e. The molecular formula is C14H19NO3. The van der Waals surface area contributed by atoms with Gasteiger partial charge in [0.1, 0.15) is 0 Å². The van der Waals surface area contributed by atoms with Gasteiger partial charge in [0.15, 0.2) is 0 Å². The lowest BCUT2D eigenvalue weighted by Gasteiger charge is -2.17. The van der Waals surface area contributed by atoms with Gasteiger partial charge in [-0.3, -0.25) is 9.59 Å². The van der Waals surface area contributed by atoms with E-state index in [4.69, 9.17) is 5.11 Å². The van der Waals surface area contributed by atoms with E-state index in [1.807, 2.05) is 30.3 Å². The Kier molecular flexibility index (Phi) is 5.91. The number of carbonyl (C=O) groups excluding carboxylic acids is 1. The molecule has 18 heavy (non-hydrogen) atoms. The molecule has 0 saturated carbocycles. The molecule has 1 amide bonds. The summed E-state index contributed by atoms with van der Waals surface area (Å²) in [5.41, 5.74) is 1.10. The second-order valence-corrected chi connectivity index (χ2v) is 4.24. The van der Waals surface area contributed by atoms with Gasteiger partial charge in [-0.05, 0) is 18.4 Å².